The van der Waals surface area contributed by atoms with Gasteiger partial charge in [-0.1, -0.05) is 35.9 Å². The number of carbonyl (C=O) groups is 1. The number of benzene rings is 2. The Morgan fingerprint density at radius 1 is 1.00 bits per heavy atom. The SMILES string of the molecule is O=C1N(c2cccc(Cl)c2)CCN1c1ccccc1CCl. The number of rotatable bonds is 3. The molecule has 0 bridgehead atoms. The van der Waals surface area contributed by atoms with Gasteiger partial charge in [-0.25, -0.2) is 4.79 Å². The summed E-state index contributed by atoms with van der Waals surface area (Å²) >= 11 is 12.0. The van der Waals surface area contributed by atoms with Crippen LogP contribution in [-0.2, 0) is 5.88 Å². The minimum absolute atomic E-state index is 0.0465. The van der Waals surface area contributed by atoms with E-state index in [2.05, 4.69) is 0 Å². The molecule has 2 amide bonds. The van der Waals surface area contributed by atoms with Crippen LogP contribution in [0.25, 0.3) is 0 Å². The van der Waals surface area contributed by atoms with Gasteiger partial charge in [0, 0.05) is 35.4 Å². The Labute approximate surface area is 133 Å². The molecule has 3 rings (SSSR count). The molecule has 3 nitrogen and oxygen atoms in total. The van der Waals surface area contributed by atoms with Crippen molar-refractivity contribution in [3.8, 4) is 0 Å². The summed E-state index contributed by atoms with van der Waals surface area (Å²) in [6.45, 7) is 1.27. The first-order chi connectivity index (χ1) is 10.2. The number of halogens is 2. The highest BCUT2D eigenvalue weighted by Gasteiger charge is 2.31. The van der Waals surface area contributed by atoms with Gasteiger partial charge in [0.1, 0.15) is 0 Å². The smallest absolute Gasteiger partial charge is 0.292 e. The molecule has 1 fully saturated rings. The molecule has 0 saturated carbocycles. The van der Waals surface area contributed by atoms with Crippen LogP contribution in [0.1, 0.15) is 5.56 Å². The predicted molar refractivity (Wildman–Crippen MR) is 87.5 cm³/mol. The van der Waals surface area contributed by atoms with Crippen molar-refractivity contribution in [3.63, 3.8) is 0 Å². The summed E-state index contributed by atoms with van der Waals surface area (Å²) in [6, 6.07) is 15.0. The fourth-order valence-corrected chi connectivity index (χ4v) is 2.94. The first-order valence-electron chi connectivity index (χ1n) is 6.69. The van der Waals surface area contributed by atoms with Gasteiger partial charge < -0.3 is 0 Å². The van der Waals surface area contributed by atoms with Crippen molar-refractivity contribution >= 4 is 40.6 Å². The molecule has 2 aromatic carbocycles. The van der Waals surface area contributed by atoms with Crippen molar-refractivity contribution in [2.45, 2.75) is 5.88 Å². The van der Waals surface area contributed by atoms with Gasteiger partial charge in [-0.2, -0.15) is 0 Å². The maximum absolute atomic E-state index is 12.7. The fourth-order valence-electron chi connectivity index (χ4n) is 2.53. The molecular formula is C16H14Cl2N2O. The lowest BCUT2D eigenvalue weighted by Crippen LogP contribution is -2.32. The van der Waals surface area contributed by atoms with E-state index in [1.807, 2.05) is 36.4 Å². The molecule has 0 aromatic heterocycles. The van der Waals surface area contributed by atoms with Crippen LogP contribution in [0.3, 0.4) is 0 Å². The molecule has 0 radical (unpaired) electrons. The third-order valence-electron chi connectivity index (χ3n) is 3.56. The second-order valence-corrected chi connectivity index (χ2v) is 5.53. The number of para-hydroxylation sites is 1. The van der Waals surface area contributed by atoms with Crippen molar-refractivity contribution in [2.75, 3.05) is 22.9 Å². The number of urea groups is 1. The summed E-state index contributed by atoms with van der Waals surface area (Å²) < 4.78 is 0. The largest absolute Gasteiger partial charge is 0.329 e. The van der Waals surface area contributed by atoms with Crippen LogP contribution in [0.4, 0.5) is 16.2 Å². The molecule has 2 aromatic rings. The summed E-state index contributed by atoms with van der Waals surface area (Å²) in [7, 11) is 0. The van der Waals surface area contributed by atoms with Gasteiger partial charge in [0.2, 0.25) is 0 Å². The van der Waals surface area contributed by atoms with Crippen LogP contribution in [0.2, 0.25) is 5.02 Å². The lowest BCUT2D eigenvalue weighted by Gasteiger charge is -2.20. The highest BCUT2D eigenvalue weighted by Crippen LogP contribution is 2.29. The van der Waals surface area contributed by atoms with Gasteiger partial charge >= 0.3 is 6.03 Å². The monoisotopic (exact) mass is 320 g/mol. The Kier molecular flexibility index (Phi) is 4.04. The zero-order valence-electron chi connectivity index (χ0n) is 11.3. The number of amides is 2. The van der Waals surface area contributed by atoms with Crippen molar-refractivity contribution in [2.24, 2.45) is 0 Å². The second kappa shape index (κ2) is 5.96. The normalized spacial score (nSPS) is 14.9. The van der Waals surface area contributed by atoms with E-state index in [0.717, 1.165) is 16.9 Å². The molecule has 1 aliphatic heterocycles. The zero-order chi connectivity index (χ0) is 14.8. The summed E-state index contributed by atoms with van der Waals surface area (Å²) in [5, 5.41) is 0.625. The van der Waals surface area contributed by atoms with Crippen molar-refractivity contribution in [1.82, 2.24) is 0 Å². The average Bonchev–Trinajstić information content (AvgIpc) is 2.89. The summed E-state index contributed by atoms with van der Waals surface area (Å²) in [6.07, 6.45) is 0. The molecule has 1 aliphatic rings. The number of anilines is 2. The van der Waals surface area contributed by atoms with E-state index >= 15 is 0 Å². The van der Waals surface area contributed by atoms with Crippen LogP contribution < -0.4 is 9.80 Å². The van der Waals surface area contributed by atoms with E-state index in [0.29, 0.717) is 24.0 Å². The molecule has 0 N–H and O–H groups in total. The standard InChI is InChI=1S/C16H14Cl2N2O/c17-11-12-4-1-2-7-15(12)20-9-8-19(16(20)21)14-6-3-5-13(18)10-14/h1-7,10H,8-9,11H2. The van der Waals surface area contributed by atoms with E-state index in [9.17, 15) is 4.79 Å². The van der Waals surface area contributed by atoms with Crippen LogP contribution in [0.15, 0.2) is 48.5 Å². The van der Waals surface area contributed by atoms with Crippen molar-refractivity contribution in [1.29, 1.82) is 0 Å². The quantitative estimate of drug-likeness (QED) is 0.762. The van der Waals surface area contributed by atoms with Gasteiger partial charge in [-0.05, 0) is 29.8 Å². The Morgan fingerprint density at radius 2 is 1.76 bits per heavy atom. The summed E-state index contributed by atoms with van der Waals surface area (Å²) in [5.74, 6) is 0.386. The highest BCUT2D eigenvalue weighted by atomic mass is 35.5. The van der Waals surface area contributed by atoms with Gasteiger partial charge in [0.15, 0.2) is 0 Å². The fraction of sp³-hybridized carbons (Fsp3) is 0.188. The molecule has 0 aliphatic carbocycles. The van der Waals surface area contributed by atoms with E-state index in [1.165, 1.54) is 0 Å². The van der Waals surface area contributed by atoms with Crippen LogP contribution in [-0.4, -0.2) is 19.1 Å². The molecule has 1 saturated heterocycles. The van der Waals surface area contributed by atoms with E-state index in [1.54, 1.807) is 21.9 Å². The number of hydrogen-bond donors (Lipinski definition) is 0. The summed E-state index contributed by atoms with van der Waals surface area (Å²) in [4.78, 5) is 16.1. The van der Waals surface area contributed by atoms with Crippen LogP contribution in [0, 0.1) is 0 Å². The highest BCUT2D eigenvalue weighted by molar-refractivity contribution is 6.31. The molecule has 1 heterocycles. The topological polar surface area (TPSA) is 23.6 Å². The Balaban J connectivity index is 1.90. The van der Waals surface area contributed by atoms with Crippen LogP contribution >= 0.6 is 23.2 Å². The average molecular weight is 321 g/mol. The third-order valence-corrected chi connectivity index (χ3v) is 4.08. The molecular weight excluding hydrogens is 307 g/mol. The van der Waals surface area contributed by atoms with Crippen LogP contribution in [0.5, 0.6) is 0 Å². The lowest BCUT2D eigenvalue weighted by molar-refractivity contribution is 0.256. The summed E-state index contributed by atoms with van der Waals surface area (Å²) in [5.41, 5.74) is 2.65. The minimum Gasteiger partial charge on any atom is -0.292 e. The molecule has 0 unspecified atom stereocenters. The maximum atomic E-state index is 12.7. The molecule has 5 heteroatoms. The van der Waals surface area contributed by atoms with E-state index in [-0.39, 0.29) is 6.03 Å². The molecule has 0 atom stereocenters. The molecule has 108 valence electrons. The molecule has 21 heavy (non-hydrogen) atoms. The number of hydrogen-bond acceptors (Lipinski definition) is 1. The zero-order valence-corrected chi connectivity index (χ0v) is 12.8. The van der Waals surface area contributed by atoms with Crippen molar-refractivity contribution in [3.05, 3.63) is 59.1 Å². The van der Waals surface area contributed by atoms with Crippen molar-refractivity contribution < 1.29 is 4.79 Å². The Hall–Kier alpha value is -1.71. The number of nitrogens with zero attached hydrogens (tertiary/aromatic N) is 2. The minimum atomic E-state index is -0.0465. The van der Waals surface area contributed by atoms with Gasteiger partial charge in [0.25, 0.3) is 0 Å². The lowest BCUT2D eigenvalue weighted by atomic mass is 10.2. The maximum Gasteiger partial charge on any atom is 0.329 e. The van der Waals surface area contributed by atoms with Gasteiger partial charge in [0.05, 0.1) is 0 Å². The van der Waals surface area contributed by atoms with E-state index < -0.39 is 0 Å². The Bertz CT molecular complexity index is 675. The second-order valence-electron chi connectivity index (χ2n) is 4.83. The van der Waals surface area contributed by atoms with E-state index in [4.69, 9.17) is 23.2 Å². The molecule has 0 spiro atoms. The number of carbonyl (C=O) groups excluding carboxylic acids is 1. The number of alkyl halides is 1. The first-order valence-corrected chi connectivity index (χ1v) is 7.60. The van der Waals surface area contributed by atoms with Gasteiger partial charge in [-0.3, -0.25) is 9.80 Å². The first kappa shape index (κ1) is 14.2. The van der Waals surface area contributed by atoms with Gasteiger partial charge in [-0.15, -0.1) is 11.6 Å². The third kappa shape index (κ3) is 2.71. The predicted octanol–water partition coefficient (Wildman–Crippen LogP) is 4.53. The Morgan fingerprint density at radius 3 is 2.52 bits per heavy atom.